The summed E-state index contributed by atoms with van der Waals surface area (Å²) in [4.78, 5) is 2.39. The Hall–Kier alpha value is -1.03. The van der Waals surface area contributed by atoms with E-state index in [2.05, 4.69) is 43.0 Å². The Morgan fingerprint density at radius 3 is 2.43 bits per heavy atom. The Labute approximate surface area is 134 Å². The highest BCUT2D eigenvalue weighted by Gasteiger charge is 2.07. The fourth-order valence-electron chi connectivity index (χ4n) is 2.17. The lowest BCUT2D eigenvalue weighted by molar-refractivity contribution is 0.0434. The average Bonchev–Trinajstić information content (AvgIpc) is 2.48. The van der Waals surface area contributed by atoms with E-state index in [-0.39, 0.29) is 12.4 Å². The minimum absolute atomic E-state index is 0. The molecule has 118 valence electrons. The molecule has 1 aromatic rings. The monoisotopic (exact) mass is 311 g/mol. The summed E-state index contributed by atoms with van der Waals surface area (Å²) in [5.41, 5.74) is 1.35. The summed E-state index contributed by atoms with van der Waals surface area (Å²) in [5, 5.41) is 0. The molecule has 3 nitrogen and oxygen atoms in total. The van der Waals surface area contributed by atoms with E-state index in [4.69, 9.17) is 9.47 Å². The van der Waals surface area contributed by atoms with Crippen LogP contribution in [0.15, 0.2) is 36.4 Å². The molecule has 0 unspecified atom stereocenters. The number of benzene rings is 1. The minimum Gasteiger partial charge on any atom is -0.490 e. The van der Waals surface area contributed by atoms with Crippen molar-refractivity contribution in [1.29, 1.82) is 0 Å². The summed E-state index contributed by atoms with van der Waals surface area (Å²) >= 11 is 0. The van der Waals surface area contributed by atoms with Gasteiger partial charge in [-0.2, -0.15) is 0 Å². The lowest BCUT2D eigenvalue weighted by Gasteiger charge is -2.25. The van der Waals surface area contributed by atoms with E-state index in [1.165, 1.54) is 5.56 Å². The molecule has 4 heteroatoms. The van der Waals surface area contributed by atoms with Gasteiger partial charge in [0.25, 0.3) is 0 Å². The molecule has 0 amide bonds. The summed E-state index contributed by atoms with van der Waals surface area (Å²) < 4.78 is 11.0. The van der Waals surface area contributed by atoms with Gasteiger partial charge in [0.05, 0.1) is 13.2 Å². The van der Waals surface area contributed by atoms with E-state index >= 15 is 0 Å². The normalized spacial score (nSPS) is 16.1. The molecule has 1 saturated heterocycles. The third-order valence-corrected chi connectivity index (χ3v) is 3.53. The maximum atomic E-state index is 5.70. The van der Waals surface area contributed by atoms with Crippen LogP contribution in [0.3, 0.4) is 0 Å². The van der Waals surface area contributed by atoms with Gasteiger partial charge >= 0.3 is 0 Å². The lowest BCUT2D eigenvalue weighted by Crippen LogP contribution is -2.36. The molecule has 0 N–H and O–H groups in total. The van der Waals surface area contributed by atoms with Crippen LogP contribution < -0.4 is 4.74 Å². The second-order valence-electron chi connectivity index (χ2n) is 5.42. The van der Waals surface area contributed by atoms with Crippen molar-refractivity contribution in [3.63, 3.8) is 0 Å². The first kappa shape index (κ1) is 18.0. The second kappa shape index (κ2) is 9.82. The average molecular weight is 312 g/mol. The van der Waals surface area contributed by atoms with Gasteiger partial charge in [-0.25, -0.2) is 0 Å². The van der Waals surface area contributed by atoms with Crippen molar-refractivity contribution in [1.82, 2.24) is 4.90 Å². The maximum Gasteiger partial charge on any atom is 0.119 e. The molecule has 1 aliphatic rings. The topological polar surface area (TPSA) is 21.7 Å². The Balaban J connectivity index is 0.00000220. The van der Waals surface area contributed by atoms with Gasteiger partial charge in [-0.05, 0) is 23.6 Å². The van der Waals surface area contributed by atoms with Crippen LogP contribution in [0.1, 0.15) is 25.3 Å². The fraction of sp³-hybridized carbons (Fsp3) is 0.529. The van der Waals surface area contributed by atoms with Gasteiger partial charge in [0.15, 0.2) is 0 Å². The molecule has 0 aliphatic carbocycles. The number of hydrogen-bond acceptors (Lipinski definition) is 3. The van der Waals surface area contributed by atoms with Crippen molar-refractivity contribution < 1.29 is 9.47 Å². The van der Waals surface area contributed by atoms with E-state index < -0.39 is 0 Å². The van der Waals surface area contributed by atoms with E-state index in [1.54, 1.807) is 0 Å². The molecule has 1 aromatic carbocycles. The predicted octanol–water partition coefficient (Wildman–Crippen LogP) is 3.50. The molecule has 0 bridgehead atoms. The van der Waals surface area contributed by atoms with Crippen molar-refractivity contribution in [3.8, 4) is 5.75 Å². The summed E-state index contributed by atoms with van der Waals surface area (Å²) in [7, 11) is 0. The second-order valence-corrected chi connectivity index (χ2v) is 5.42. The first-order chi connectivity index (χ1) is 9.75. The van der Waals surface area contributed by atoms with E-state index in [1.807, 2.05) is 12.1 Å². The van der Waals surface area contributed by atoms with E-state index in [0.29, 0.717) is 12.5 Å². The quantitative estimate of drug-likeness (QED) is 0.751. The highest BCUT2D eigenvalue weighted by Crippen LogP contribution is 2.18. The molecule has 0 saturated carbocycles. The predicted molar refractivity (Wildman–Crippen MR) is 89.7 cm³/mol. The highest BCUT2D eigenvalue weighted by atomic mass is 35.5. The van der Waals surface area contributed by atoms with Gasteiger partial charge in [0, 0.05) is 19.6 Å². The lowest BCUT2D eigenvalue weighted by atomic mass is 10.0. The molecule has 0 atom stereocenters. The standard InChI is InChI=1S/C17H25NO2.ClH/c1-15(2)16-5-7-17(8-6-16)20-12-4-3-9-18-10-13-19-14-11-18;/h3-8,15H,9-14H2,1-2H3;1H. The smallest absolute Gasteiger partial charge is 0.119 e. The Kier molecular flexibility index (Phi) is 8.43. The van der Waals surface area contributed by atoms with Crippen LogP contribution in [0.4, 0.5) is 0 Å². The van der Waals surface area contributed by atoms with Crippen LogP contribution in [-0.2, 0) is 4.74 Å². The van der Waals surface area contributed by atoms with Gasteiger partial charge in [-0.1, -0.05) is 38.1 Å². The van der Waals surface area contributed by atoms with Gasteiger partial charge in [0.1, 0.15) is 12.4 Å². The zero-order valence-electron chi connectivity index (χ0n) is 13.0. The highest BCUT2D eigenvalue weighted by molar-refractivity contribution is 5.85. The Morgan fingerprint density at radius 2 is 1.81 bits per heavy atom. The van der Waals surface area contributed by atoms with Gasteiger partial charge < -0.3 is 9.47 Å². The van der Waals surface area contributed by atoms with Gasteiger partial charge in [-0.15, -0.1) is 12.4 Å². The molecule has 1 heterocycles. The molecule has 0 aromatic heterocycles. The van der Waals surface area contributed by atoms with Crippen molar-refractivity contribution in [2.75, 3.05) is 39.5 Å². The van der Waals surface area contributed by atoms with Crippen molar-refractivity contribution >= 4 is 12.4 Å². The molecule has 2 rings (SSSR count). The van der Waals surface area contributed by atoms with Crippen LogP contribution in [0.2, 0.25) is 0 Å². The molecule has 0 spiro atoms. The van der Waals surface area contributed by atoms with Gasteiger partial charge in [-0.3, -0.25) is 4.90 Å². The van der Waals surface area contributed by atoms with Crippen LogP contribution >= 0.6 is 12.4 Å². The number of ether oxygens (including phenoxy) is 2. The summed E-state index contributed by atoms with van der Waals surface area (Å²) in [6.07, 6.45) is 4.26. The van der Waals surface area contributed by atoms with E-state index in [0.717, 1.165) is 38.6 Å². The third kappa shape index (κ3) is 6.51. The zero-order chi connectivity index (χ0) is 14.2. The molecule has 1 fully saturated rings. The zero-order valence-corrected chi connectivity index (χ0v) is 13.8. The molecule has 21 heavy (non-hydrogen) atoms. The molecular formula is C17H26ClNO2. The molecule has 0 radical (unpaired) electrons. The largest absolute Gasteiger partial charge is 0.490 e. The van der Waals surface area contributed by atoms with Crippen LogP contribution in [0.25, 0.3) is 0 Å². The van der Waals surface area contributed by atoms with E-state index in [9.17, 15) is 0 Å². The van der Waals surface area contributed by atoms with Crippen molar-refractivity contribution in [3.05, 3.63) is 42.0 Å². The summed E-state index contributed by atoms with van der Waals surface area (Å²) in [6.45, 7) is 9.78. The first-order valence-electron chi connectivity index (χ1n) is 7.43. The maximum absolute atomic E-state index is 5.70. The fourth-order valence-corrected chi connectivity index (χ4v) is 2.17. The SMILES string of the molecule is CC(C)c1ccc(OCC=CCN2CCOCC2)cc1.Cl. The number of halogens is 1. The molecular weight excluding hydrogens is 286 g/mol. The Bertz CT molecular complexity index is 411. The minimum atomic E-state index is 0. The number of rotatable bonds is 6. The van der Waals surface area contributed by atoms with Crippen molar-refractivity contribution in [2.24, 2.45) is 0 Å². The molecule has 1 aliphatic heterocycles. The Morgan fingerprint density at radius 1 is 1.14 bits per heavy atom. The number of nitrogens with zero attached hydrogens (tertiary/aromatic N) is 1. The van der Waals surface area contributed by atoms with Crippen LogP contribution in [0, 0.1) is 0 Å². The van der Waals surface area contributed by atoms with Crippen LogP contribution in [-0.4, -0.2) is 44.4 Å². The number of hydrogen-bond donors (Lipinski definition) is 0. The van der Waals surface area contributed by atoms with Crippen molar-refractivity contribution in [2.45, 2.75) is 19.8 Å². The van der Waals surface area contributed by atoms with Gasteiger partial charge in [0.2, 0.25) is 0 Å². The number of morpholine rings is 1. The summed E-state index contributed by atoms with van der Waals surface area (Å²) in [5.74, 6) is 1.50. The third-order valence-electron chi connectivity index (χ3n) is 3.53. The van der Waals surface area contributed by atoms with Crippen LogP contribution in [0.5, 0.6) is 5.75 Å². The summed E-state index contributed by atoms with van der Waals surface area (Å²) in [6, 6.07) is 8.37. The first-order valence-corrected chi connectivity index (χ1v) is 7.43.